The molecule has 0 aliphatic rings. The Morgan fingerprint density at radius 1 is 0.895 bits per heavy atom. The average Bonchev–Trinajstić information content (AvgIpc) is 2.49. The summed E-state index contributed by atoms with van der Waals surface area (Å²) < 4.78 is 2.26. The molecule has 3 aromatic rings. The summed E-state index contributed by atoms with van der Waals surface area (Å²) in [5, 5.41) is 2.58. The highest BCUT2D eigenvalue weighted by molar-refractivity contribution is 7.98. The van der Waals surface area contributed by atoms with Crippen molar-refractivity contribution >= 4 is 22.7 Å². The quantitative estimate of drug-likeness (QED) is 0.500. The zero-order valence-electron chi connectivity index (χ0n) is 11.1. The fraction of sp³-hybridized carbons (Fsp3) is 0.118. The summed E-state index contributed by atoms with van der Waals surface area (Å²) in [6, 6.07) is 21.5. The first-order valence-corrected chi connectivity index (χ1v) is 7.55. The van der Waals surface area contributed by atoms with E-state index in [1.54, 1.807) is 11.8 Å². The van der Waals surface area contributed by atoms with Crippen LogP contribution >= 0.6 is 11.8 Å². The molecular formula is C17H16NS+. The van der Waals surface area contributed by atoms with Crippen molar-refractivity contribution in [2.24, 2.45) is 7.05 Å². The number of hydrogen-bond donors (Lipinski definition) is 0. The predicted octanol–water partition coefficient (Wildman–Crippen LogP) is 4.05. The molecule has 1 aromatic heterocycles. The van der Waals surface area contributed by atoms with Gasteiger partial charge in [-0.05, 0) is 17.9 Å². The second kappa shape index (κ2) is 5.06. The number of para-hydroxylation sites is 1. The van der Waals surface area contributed by atoms with Gasteiger partial charge >= 0.3 is 0 Å². The first-order chi connectivity index (χ1) is 9.31. The highest BCUT2D eigenvalue weighted by Gasteiger charge is 2.15. The van der Waals surface area contributed by atoms with Gasteiger partial charge in [0.15, 0.2) is 0 Å². The lowest BCUT2D eigenvalue weighted by molar-refractivity contribution is -0.683. The third-order valence-corrected chi connectivity index (χ3v) is 4.26. The Balaban J connectivity index is 2.39. The second-order valence-corrected chi connectivity index (χ2v) is 5.37. The SMILES string of the molecule is CSc1cc(-c2ccccc2)c2ccccc2[n+]1C. The molecule has 19 heavy (non-hydrogen) atoms. The molecule has 0 spiro atoms. The summed E-state index contributed by atoms with van der Waals surface area (Å²) in [4.78, 5) is 0. The number of fused-ring (bicyclic) bond motifs is 1. The third-order valence-electron chi connectivity index (χ3n) is 3.45. The monoisotopic (exact) mass is 266 g/mol. The van der Waals surface area contributed by atoms with Gasteiger partial charge in [0, 0.05) is 17.7 Å². The van der Waals surface area contributed by atoms with Crippen LogP contribution in [0.25, 0.3) is 22.0 Å². The maximum absolute atomic E-state index is 2.28. The van der Waals surface area contributed by atoms with Crippen molar-refractivity contribution in [1.82, 2.24) is 0 Å². The zero-order valence-corrected chi connectivity index (χ0v) is 11.9. The molecule has 0 saturated heterocycles. The Morgan fingerprint density at radius 3 is 2.32 bits per heavy atom. The number of pyridine rings is 1. The fourth-order valence-electron chi connectivity index (χ4n) is 2.46. The minimum Gasteiger partial charge on any atom is -0.189 e. The molecule has 2 aromatic carbocycles. The van der Waals surface area contributed by atoms with Crippen LogP contribution in [0, 0.1) is 0 Å². The summed E-state index contributed by atoms with van der Waals surface area (Å²) in [6.07, 6.45) is 2.12. The van der Waals surface area contributed by atoms with Gasteiger partial charge in [0.25, 0.3) is 0 Å². The molecule has 0 amide bonds. The van der Waals surface area contributed by atoms with Crippen molar-refractivity contribution in [3.63, 3.8) is 0 Å². The van der Waals surface area contributed by atoms with E-state index >= 15 is 0 Å². The lowest BCUT2D eigenvalue weighted by atomic mass is 10.0. The first-order valence-electron chi connectivity index (χ1n) is 6.32. The zero-order chi connectivity index (χ0) is 13.2. The molecule has 0 radical (unpaired) electrons. The molecule has 94 valence electrons. The number of aromatic nitrogens is 1. The number of nitrogens with zero attached hydrogens (tertiary/aromatic N) is 1. The van der Waals surface area contributed by atoms with Crippen LogP contribution < -0.4 is 4.57 Å². The van der Waals surface area contributed by atoms with Crippen molar-refractivity contribution in [2.45, 2.75) is 5.03 Å². The molecule has 0 aliphatic heterocycles. The summed E-state index contributed by atoms with van der Waals surface area (Å²) in [6.45, 7) is 0. The maximum Gasteiger partial charge on any atom is 0.240 e. The van der Waals surface area contributed by atoms with E-state index in [4.69, 9.17) is 0 Å². The number of rotatable bonds is 2. The molecule has 0 aliphatic carbocycles. The lowest BCUT2D eigenvalue weighted by Crippen LogP contribution is -2.31. The van der Waals surface area contributed by atoms with E-state index in [1.807, 2.05) is 0 Å². The smallest absolute Gasteiger partial charge is 0.189 e. The number of benzene rings is 2. The molecule has 0 atom stereocenters. The van der Waals surface area contributed by atoms with E-state index in [0.29, 0.717) is 0 Å². The van der Waals surface area contributed by atoms with E-state index in [0.717, 1.165) is 0 Å². The second-order valence-electron chi connectivity index (χ2n) is 4.54. The normalized spacial score (nSPS) is 10.8. The van der Waals surface area contributed by atoms with Crippen LogP contribution in [0.5, 0.6) is 0 Å². The van der Waals surface area contributed by atoms with Crippen LogP contribution in [-0.4, -0.2) is 6.26 Å². The van der Waals surface area contributed by atoms with Crippen LogP contribution in [0.15, 0.2) is 65.7 Å². The van der Waals surface area contributed by atoms with Crippen LogP contribution in [-0.2, 0) is 7.05 Å². The molecule has 1 heterocycles. The lowest BCUT2D eigenvalue weighted by Gasteiger charge is -2.08. The first kappa shape index (κ1) is 12.2. The molecule has 0 N–H and O–H groups in total. The fourth-order valence-corrected chi connectivity index (χ4v) is 3.07. The topological polar surface area (TPSA) is 3.88 Å². The Morgan fingerprint density at radius 2 is 1.58 bits per heavy atom. The van der Waals surface area contributed by atoms with Crippen molar-refractivity contribution in [3.05, 3.63) is 60.7 Å². The van der Waals surface area contributed by atoms with Gasteiger partial charge in [0.1, 0.15) is 7.05 Å². The summed E-state index contributed by atoms with van der Waals surface area (Å²) >= 11 is 1.78. The molecule has 0 bridgehead atoms. The van der Waals surface area contributed by atoms with Crippen molar-refractivity contribution in [1.29, 1.82) is 0 Å². The van der Waals surface area contributed by atoms with E-state index in [9.17, 15) is 0 Å². The van der Waals surface area contributed by atoms with Crippen molar-refractivity contribution in [3.8, 4) is 11.1 Å². The Kier molecular flexibility index (Phi) is 3.26. The third kappa shape index (κ3) is 2.13. The highest BCUT2D eigenvalue weighted by atomic mass is 32.2. The van der Waals surface area contributed by atoms with Crippen LogP contribution in [0.1, 0.15) is 0 Å². The van der Waals surface area contributed by atoms with Crippen molar-refractivity contribution < 1.29 is 4.57 Å². The summed E-state index contributed by atoms with van der Waals surface area (Å²) in [5.74, 6) is 0. The summed E-state index contributed by atoms with van der Waals surface area (Å²) in [5.41, 5.74) is 3.85. The standard InChI is InChI=1S/C17H16NS/c1-18-16-11-7-6-10-14(16)15(12-17(18)19-2)13-8-4-3-5-9-13/h3-12H,1-2H3/q+1. The van der Waals surface area contributed by atoms with Gasteiger partial charge < -0.3 is 0 Å². The van der Waals surface area contributed by atoms with Gasteiger partial charge in [-0.25, -0.2) is 0 Å². The van der Waals surface area contributed by atoms with Crippen molar-refractivity contribution in [2.75, 3.05) is 6.26 Å². The van der Waals surface area contributed by atoms with E-state index in [1.165, 1.54) is 27.1 Å². The molecular weight excluding hydrogens is 250 g/mol. The Bertz CT molecular complexity index is 720. The van der Waals surface area contributed by atoms with Gasteiger partial charge in [-0.15, -0.1) is 0 Å². The van der Waals surface area contributed by atoms with Gasteiger partial charge in [-0.1, -0.05) is 54.2 Å². The number of hydrogen-bond acceptors (Lipinski definition) is 1. The van der Waals surface area contributed by atoms with Crippen LogP contribution in [0.4, 0.5) is 0 Å². The average molecular weight is 266 g/mol. The molecule has 0 unspecified atom stereocenters. The van der Waals surface area contributed by atoms with Gasteiger partial charge in [0.2, 0.25) is 10.5 Å². The number of thioether (sulfide) groups is 1. The van der Waals surface area contributed by atoms with Crippen LogP contribution in [0.3, 0.4) is 0 Å². The van der Waals surface area contributed by atoms with E-state index in [2.05, 4.69) is 78.5 Å². The minimum absolute atomic E-state index is 1.27. The largest absolute Gasteiger partial charge is 0.240 e. The summed E-state index contributed by atoms with van der Waals surface area (Å²) in [7, 11) is 2.13. The Labute approximate surface area is 117 Å². The minimum atomic E-state index is 1.27. The molecule has 0 fully saturated rings. The number of aryl methyl sites for hydroxylation is 1. The maximum atomic E-state index is 2.28. The molecule has 2 heteroatoms. The Hall–Kier alpha value is -1.80. The van der Waals surface area contributed by atoms with E-state index in [-0.39, 0.29) is 0 Å². The predicted molar refractivity (Wildman–Crippen MR) is 82.3 cm³/mol. The van der Waals surface area contributed by atoms with E-state index < -0.39 is 0 Å². The van der Waals surface area contributed by atoms with Crippen LogP contribution in [0.2, 0.25) is 0 Å². The van der Waals surface area contributed by atoms with Gasteiger partial charge in [-0.3, -0.25) is 0 Å². The molecule has 1 nitrogen and oxygen atoms in total. The molecule has 3 rings (SSSR count). The highest BCUT2D eigenvalue weighted by Crippen LogP contribution is 2.29. The molecule has 0 saturated carbocycles. The van der Waals surface area contributed by atoms with Gasteiger partial charge in [-0.2, -0.15) is 4.57 Å². The van der Waals surface area contributed by atoms with Gasteiger partial charge in [0.05, 0.1) is 5.39 Å².